The van der Waals surface area contributed by atoms with Crippen LogP contribution < -0.4 is 5.73 Å². The van der Waals surface area contributed by atoms with E-state index < -0.39 is 11.7 Å². The molecule has 0 radical (unpaired) electrons. The molecule has 0 saturated heterocycles. The summed E-state index contributed by atoms with van der Waals surface area (Å²) in [5, 5.41) is 0. The number of rotatable bonds is 5. The Morgan fingerprint density at radius 3 is 2.40 bits per heavy atom. The lowest BCUT2D eigenvalue weighted by Gasteiger charge is -2.23. The number of benzene rings is 1. The molecule has 5 nitrogen and oxygen atoms in total. The van der Waals surface area contributed by atoms with Gasteiger partial charge in [0.2, 0.25) is 5.91 Å². The van der Waals surface area contributed by atoms with Crippen molar-refractivity contribution < 1.29 is 14.0 Å². The van der Waals surface area contributed by atoms with Crippen molar-refractivity contribution in [2.75, 3.05) is 32.4 Å². The number of nitrogens with two attached hydrogens (primary N) is 1. The second-order valence-corrected chi connectivity index (χ2v) is 4.43. The van der Waals surface area contributed by atoms with Crippen molar-refractivity contribution in [2.45, 2.75) is 13.8 Å². The van der Waals surface area contributed by atoms with Crippen LogP contribution in [0.2, 0.25) is 0 Å². The van der Waals surface area contributed by atoms with Crippen molar-refractivity contribution in [1.82, 2.24) is 9.80 Å². The molecule has 110 valence electrons. The highest BCUT2D eigenvalue weighted by molar-refractivity contribution is 6.00. The number of para-hydroxylation sites is 1. The molecule has 0 aromatic heterocycles. The highest BCUT2D eigenvalue weighted by Crippen LogP contribution is 2.17. The average Bonchev–Trinajstić information content (AvgIpc) is 2.42. The standard InChI is InChI=1S/C14H20FN3O2/c1-4-18(5-2)12(19)9-17(3)14(20)10-7-6-8-11(15)13(10)16/h6-8H,4-5,9,16H2,1-3H3. The summed E-state index contributed by atoms with van der Waals surface area (Å²) in [5.74, 6) is -1.26. The molecule has 0 aliphatic heterocycles. The van der Waals surface area contributed by atoms with E-state index in [1.165, 1.54) is 30.1 Å². The van der Waals surface area contributed by atoms with Gasteiger partial charge in [-0.1, -0.05) is 6.07 Å². The Morgan fingerprint density at radius 2 is 1.85 bits per heavy atom. The van der Waals surface area contributed by atoms with Gasteiger partial charge in [-0.15, -0.1) is 0 Å². The molecule has 0 aliphatic rings. The minimum Gasteiger partial charge on any atom is -0.396 e. The van der Waals surface area contributed by atoms with Crippen LogP contribution in [-0.4, -0.2) is 48.3 Å². The number of hydrogen-bond acceptors (Lipinski definition) is 3. The minimum absolute atomic E-state index is 0.0591. The molecular formula is C14H20FN3O2. The van der Waals surface area contributed by atoms with Gasteiger partial charge in [0, 0.05) is 20.1 Å². The lowest BCUT2D eigenvalue weighted by Crippen LogP contribution is -2.41. The van der Waals surface area contributed by atoms with Crippen molar-refractivity contribution in [3.05, 3.63) is 29.6 Å². The summed E-state index contributed by atoms with van der Waals surface area (Å²) >= 11 is 0. The number of halogens is 1. The van der Waals surface area contributed by atoms with Crippen molar-refractivity contribution in [3.63, 3.8) is 0 Å². The molecule has 0 spiro atoms. The quantitative estimate of drug-likeness (QED) is 0.828. The fraction of sp³-hybridized carbons (Fsp3) is 0.429. The van der Waals surface area contributed by atoms with Gasteiger partial charge >= 0.3 is 0 Å². The third-order valence-corrected chi connectivity index (χ3v) is 3.12. The van der Waals surface area contributed by atoms with E-state index in [0.717, 1.165) is 0 Å². The summed E-state index contributed by atoms with van der Waals surface area (Å²) in [6, 6.07) is 4.05. The molecule has 0 bridgehead atoms. The third kappa shape index (κ3) is 3.46. The SMILES string of the molecule is CCN(CC)C(=O)CN(C)C(=O)c1cccc(F)c1N. The molecule has 0 saturated carbocycles. The highest BCUT2D eigenvalue weighted by atomic mass is 19.1. The van der Waals surface area contributed by atoms with Crippen LogP contribution in [0.3, 0.4) is 0 Å². The van der Waals surface area contributed by atoms with Gasteiger partial charge in [0.1, 0.15) is 5.82 Å². The highest BCUT2D eigenvalue weighted by Gasteiger charge is 2.20. The normalized spacial score (nSPS) is 10.2. The van der Waals surface area contributed by atoms with Gasteiger partial charge in [-0.2, -0.15) is 0 Å². The van der Waals surface area contributed by atoms with E-state index in [9.17, 15) is 14.0 Å². The first-order valence-corrected chi connectivity index (χ1v) is 6.49. The number of amides is 2. The summed E-state index contributed by atoms with van der Waals surface area (Å²) in [6.45, 7) is 4.84. The predicted octanol–water partition coefficient (Wildman–Crippen LogP) is 1.35. The molecule has 2 amide bonds. The summed E-state index contributed by atoms with van der Waals surface area (Å²) in [6.07, 6.45) is 0. The third-order valence-electron chi connectivity index (χ3n) is 3.12. The molecule has 2 N–H and O–H groups in total. The molecule has 6 heteroatoms. The van der Waals surface area contributed by atoms with E-state index in [1.807, 2.05) is 13.8 Å². The molecule has 1 aromatic carbocycles. The molecule has 0 atom stereocenters. The Hall–Kier alpha value is -2.11. The van der Waals surface area contributed by atoms with Crippen LogP contribution in [-0.2, 0) is 4.79 Å². The van der Waals surface area contributed by atoms with Crippen LogP contribution in [0.15, 0.2) is 18.2 Å². The van der Waals surface area contributed by atoms with Crippen molar-refractivity contribution in [3.8, 4) is 0 Å². The Morgan fingerprint density at radius 1 is 1.25 bits per heavy atom. The van der Waals surface area contributed by atoms with Crippen molar-refractivity contribution in [2.24, 2.45) is 0 Å². The minimum atomic E-state index is -0.640. The Bertz CT molecular complexity index is 501. The van der Waals surface area contributed by atoms with Gasteiger partial charge < -0.3 is 15.5 Å². The van der Waals surface area contributed by atoms with Crippen molar-refractivity contribution >= 4 is 17.5 Å². The number of nitrogens with zero attached hydrogens (tertiary/aromatic N) is 2. The first-order chi connectivity index (χ1) is 9.42. The van der Waals surface area contributed by atoms with Gasteiger partial charge in [-0.3, -0.25) is 9.59 Å². The molecule has 0 unspecified atom stereocenters. The number of likely N-dealkylation sites (N-methyl/N-ethyl adjacent to an activating group) is 2. The lowest BCUT2D eigenvalue weighted by atomic mass is 10.1. The monoisotopic (exact) mass is 281 g/mol. The molecular weight excluding hydrogens is 261 g/mol. The Labute approximate surface area is 118 Å². The second kappa shape index (κ2) is 6.88. The van der Waals surface area contributed by atoms with E-state index in [1.54, 1.807) is 4.90 Å². The number of carbonyl (C=O) groups excluding carboxylic acids is 2. The predicted molar refractivity (Wildman–Crippen MR) is 75.7 cm³/mol. The second-order valence-electron chi connectivity index (χ2n) is 4.43. The van der Waals surface area contributed by atoms with E-state index in [0.29, 0.717) is 13.1 Å². The fourth-order valence-electron chi connectivity index (χ4n) is 1.88. The van der Waals surface area contributed by atoms with Gasteiger partial charge in [-0.05, 0) is 26.0 Å². The zero-order chi connectivity index (χ0) is 15.3. The number of hydrogen-bond donors (Lipinski definition) is 1. The summed E-state index contributed by atoms with van der Waals surface area (Å²) in [7, 11) is 1.49. The van der Waals surface area contributed by atoms with E-state index in [-0.39, 0.29) is 23.7 Å². The van der Waals surface area contributed by atoms with E-state index >= 15 is 0 Å². The maximum absolute atomic E-state index is 13.3. The molecule has 0 heterocycles. The fourth-order valence-corrected chi connectivity index (χ4v) is 1.88. The molecule has 0 aliphatic carbocycles. The average molecular weight is 281 g/mol. The van der Waals surface area contributed by atoms with Crippen LogP contribution in [0.25, 0.3) is 0 Å². The van der Waals surface area contributed by atoms with Crippen LogP contribution in [0.1, 0.15) is 24.2 Å². The van der Waals surface area contributed by atoms with E-state index in [2.05, 4.69) is 0 Å². The van der Waals surface area contributed by atoms with Crippen LogP contribution in [0.4, 0.5) is 10.1 Å². The number of carbonyl (C=O) groups is 2. The Kier molecular flexibility index (Phi) is 5.49. The lowest BCUT2D eigenvalue weighted by molar-refractivity contribution is -0.131. The first-order valence-electron chi connectivity index (χ1n) is 6.49. The number of nitrogen functional groups attached to an aromatic ring is 1. The smallest absolute Gasteiger partial charge is 0.256 e. The van der Waals surface area contributed by atoms with Crippen LogP contribution in [0, 0.1) is 5.82 Å². The van der Waals surface area contributed by atoms with Gasteiger partial charge in [0.15, 0.2) is 0 Å². The zero-order valence-corrected chi connectivity index (χ0v) is 12.0. The largest absolute Gasteiger partial charge is 0.396 e. The molecule has 1 rings (SSSR count). The van der Waals surface area contributed by atoms with E-state index in [4.69, 9.17) is 5.73 Å². The maximum Gasteiger partial charge on any atom is 0.256 e. The van der Waals surface area contributed by atoms with Gasteiger partial charge in [0.25, 0.3) is 5.91 Å². The van der Waals surface area contributed by atoms with Crippen LogP contribution >= 0.6 is 0 Å². The summed E-state index contributed by atoms with van der Waals surface area (Å²) < 4.78 is 13.3. The summed E-state index contributed by atoms with van der Waals surface area (Å²) in [5.41, 5.74) is 5.42. The summed E-state index contributed by atoms with van der Waals surface area (Å²) in [4.78, 5) is 27.0. The zero-order valence-electron chi connectivity index (χ0n) is 12.0. The topological polar surface area (TPSA) is 66.6 Å². The van der Waals surface area contributed by atoms with Crippen LogP contribution in [0.5, 0.6) is 0 Å². The first kappa shape index (κ1) is 15.9. The Balaban J connectivity index is 2.82. The van der Waals surface area contributed by atoms with Gasteiger partial charge in [-0.25, -0.2) is 4.39 Å². The molecule has 20 heavy (non-hydrogen) atoms. The maximum atomic E-state index is 13.3. The molecule has 0 fully saturated rings. The van der Waals surface area contributed by atoms with Gasteiger partial charge in [0.05, 0.1) is 17.8 Å². The number of anilines is 1. The molecule has 1 aromatic rings. The van der Waals surface area contributed by atoms with Crippen molar-refractivity contribution in [1.29, 1.82) is 0 Å².